The Balaban J connectivity index is 1.88. The molecule has 0 radical (unpaired) electrons. The van der Waals surface area contributed by atoms with Gasteiger partial charge in [0, 0.05) is 45.0 Å². The van der Waals surface area contributed by atoms with Crippen LogP contribution in [0.5, 0.6) is 0 Å². The third kappa shape index (κ3) is 4.05. The number of benzene rings is 2. The molecular weight excluding hydrogens is 437 g/mol. The molecule has 1 aliphatic heterocycles. The van der Waals surface area contributed by atoms with Crippen LogP contribution in [0.3, 0.4) is 0 Å². The maximum Gasteiger partial charge on any atom is 0.232 e. The van der Waals surface area contributed by atoms with Crippen molar-refractivity contribution in [3.05, 3.63) is 69.3 Å². The van der Waals surface area contributed by atoms with Gasteiger partial charge in [0.15, 0.2) is 5.78 Å². The Morgan fingerprint density at radius 2 is 1.63 bits per heavy atom. The van der Waals surface area contributed by atoms with E-state index in [0.717, 1.165) is 21.7 Å². The van der Waals surface area contributed by atoms with Gasteiger partial charge < -0.3 is 0 Å². The fourth-order valence-corrected chi connectivity index (χ4v) is 5.43. The van der Waals surface area contributed by atoms with Gasteiger partial charge in [0.1, 0.15) is 0 Å². The van der Waals surface area contributed by atoms with E-state index >= 15 is 0 Å². The molecular formula is C24H23Cl2NO2S. The second-order valence-electron chi connectivity index (χ2n) is 8.69. The quantitative estimate of drug-likeness (QED) is 0.469. The van der Waals surface area contributed by atoms with Crippen LogP contribution in [0.4, 0.5) is 5.69 Å². The number of Topliss-reactive ketones (excluding diaryl/α,β-unsaturated/α-hetero) is 1. The summed E-state index contributed by atoms with van der Waals surface area (Å²) in [6.07, 6.45) is 3.39. The Hall–Kier alpha value is -1.75. The number of anilines is 1. The van der Waals surface area contributed by atoms with Crippen molar-refractivity contribution in [2.45, 2.75) is 43.9 Å². The molecule has 6 heteroatoms. The Morgan fingerprint density at radius 3 is 2.23 bits per heavy atom. The van der Waals surface area contributed by atoms with E-state index in [1.54, 1.807) is 34.9 Å². The Morgan fingerprint density at radius 1 is 1.00 bits per heavy atom. The molecule has 0 N–H and O–H groups in total. The predicted octanol–water partition coefficient (Wildman–Crippen LogP) is 6.88. The van der Waals surface area contributed by atoms with Gasteiger partial charge in [-0.2, -0.15) is 0 Å². The lowest BCUT2D eigenvalue weighted by molar-refractivity contribution is -0.121. The van der Waals surface area contributed by atoms with Crippen molar-refractivity contribution in [1.29, 1.82) is 0 Å². The highest BCUT2D eigenvalue weighted by atomic mass is 35.5. The maximum absolute atomic E-state index is 13.4. The summed E-state index contributed by atoms with van der Waals surface area (Å²) in [5, 5.41) is 0.923. The fraction of sp³-hybridized carbons (Fsp3) is 0.333. The van der Waals surface area contributed by atoms with E-state index in [1.807, 2.05) is 30.5 Å². The van der Waals surface area contributed by atoms with Crippen LogP contribution in [0.2, 0.25) is 10.0 Å². The summed E-state index contributed by atoms with van der Waals surface area (Å²) >= 11 is 14.1. The van der Waals surface area contributed by atoms with Crippen LogP contribution in [-0.2, 0) is 9.59 Å². The molecule has 2 aliphatic rings. The minimum atomic E-state index is -0.224. The van der Waals surface area contributed by atoms with E-state index in [0.29, 0.717) is 28.6 Å². The summed E-state index contributed by atoms with van der Waals surface area (Å²) in [7, 11) is 0. The van der Waals surface area contributed by atoms with E-state index in [1.165, 1.54) is 0 Å². The van der Waals surface area contributed by atoms with Crippen LogP contribution in [0, 0.1) is 5.41 Å². The molecule has 1 amide bonds. The summed E-state index contributed by atoms with van der Waals surface area (Å²) < 4.78 is 0. The monoisotopic (exact) mass is 459 g/mol. The molecule has 2 aromatic carbocycles. The smallest absolute Gasteiger partial charge is 0.232 e. The van der Waals surface area contributed by atoms with Gasteiger partial charge in [-0.1, -0.05) is 49.2 Å². The molecule has 2 aromatic rings. The normalized spacial score (nSPS) is 21.1. The van der Waals surface area contributed by atoms with Crippen molar-refractivity contribution >= 4 is 52.3 Å². The van der Waals surface area contributed by atoms with Crippen molar-refractivity contribution in [3.8, 4) is 0 Å². The van der Waals surface area contributed by atoms with Gasteiger partial charge in [-0.25, -0.2) is 0 Å². The van der Waals surface area contributed by atoms with E-state index < -0.39 is 0 Å². The largest absolute Gasteiger partial charge is 0.294 e. The number of carbonyl (C=O) groups excluding carboxylic acids is 2. The second-order valence-corrected chi connectivity index (χ2v) is 10.4. The van der Waals surface area contributed by atoms with Gasteiger partial charge in [-0.05, 0) is 54.0 Å². The molecule has 4 rings (SSSR count). The van der Waals surface area contributed by atoms with Crippen molar-refractivity contribution in [3.63, 3.8) is 0 Å². The number of allylic oxidation sites excluding steroid dienone is 2. The molecule has 1 atom stereocenters. The van der Waals surface area contributed by atoms with E-state index in [4.69, 9.17) is 23.2 Å². The van der Waals surface area contributed by atoms with Crippen molar-refractivity contribution in [2.75, 3.05) is 11.2 Å². The average Bonchev–Trinajstić information content (AvgIpc) is 2.65. The zero-order chi connectivity index (χ0) is 21.6. The van der Waals surface area contributed by atoms with Crippen LogP contribution < -0.4 is 4.90 Å². The zero-order valence-electron chi connectivity index (χ0n) is 17.2. The number of nitrogens with zero attached hydrogens (tertiary/aromatic N) is 1. The topological polar surface area (TPSA) is 37.4 Å². The molecule has 3 nitrogen and oxygen atoms in total. The van der Waals surface area contributed by atoms with Crippen LogP contribution in [0.25, 0.3) is 0 Å². The Kier molecular flexibility index (Phi) is 5.78. The highest BCUT2D eigenvalue weighted by Crippen LogP contribution is 2.48. The molecule has 0 saturated heterocycles. The van der Waals surface area contributed by atoms with Crippen molar-refractivity contribution in [2.24, 2.45) is 5.41 Å². The van der Waals surface area contributed by atoms with Gasteiger partial charge in [-0.15, -0.1) is 11.8 Å². The number of thioether (sulfide) groups is 1. The minimum absolute atomic E-state index is 0.0449. The van der Waals surface area contributed by atoms with Gasteiger partial charge in [0.05, 0.1) is 5.69 Å². The second kappa shape index (κ2) is 8.07. The van der Waals surface area contributed by atoms with Gasteiger partial charge in [0.2, 0.25) is 5.91 Å². The zero-order valence-corrected chi connectivity index (χ0v) is 19.5. The first kappa shape index (κ1) is 21.5. The maximum atomic E-state index is 13.4. The molecule has 0 saturated carbocycles. The lowest BCUT2D eigenvalue weighted by Crippen LogP contribution is -2.43. The van der Waals surface area contributed by atoms with E-state index in [2.05, 4.69) is 13.8 Å². The Labute approximate surface area is 191 Å². The number of ketones is 1. The van der Waals surface area contributed by atoms with Crippen LogP contribution >= 0.6 is 35.0 Å². The summed E-state index contributed by atoms with van der Waals surface area (Å²) in [5.74, 6) is -0.153. The van der Waals surface area contributed by atoms with Crippen molar-refractivity contribution in [1.82, 2.24) is 0 Å². The number of hydrogen-bond acceptors (Lipinski definition) is 3. The lowest BCUT2D eigenvalue weighted by atomic mass is 9.69. The van der Waals surface area contributed by atoms with Crippen LogP contribution in [0.1, 0.15) is 44.6 Å². The number of rotatable bonds is 3. The van der Waals surface area contributed by atoms with Gasteiger partial charge in [-0.3, -0.25) is 14.5 Å². The average molecular weight is 460 g/mol. The highest BCUT2D eigenvalue weighted by Gasteiger charge is 2.44. The molecule has 0 aromatic heterocycles. The molecule has 1 heterocycles. The van der Waals surface area contributed by atoms with Gasteiger partial charge >= 0.3 is 0 Å². The standard InChI is InChI=1S/C24H23Cl2NO2S/c1-24(2)12-20-23(21(28)13-24)19(14-4-6-18(30-3)7-5-14)11-22(29)27(20)17-9-15(25)8-16(26)10-17/h4-10,19H,11-13H2,1-3H3. The predicted molar refractivity (Wildman–Crippen MR) is 125 cm³/mol. The molecule has 1 aliphatic carbocycles. The Bertz CT molecular complexity index is 1040. The molecule has 0 spiro atoms. The van der Waals surface area contributed by atoms with E-state index in [9.17, 15) is 9.59 Å². The summed E-state index contributed by atoms with van der Waals surface area (Å²) in [6, 6.07) is 13.3. The molecule has 0 fully saturated rings. The van der Waals surface area contributed by atoms with E-state index in [-0.39, 0.29) is 29.4 Å². The first-order chi connectivity index (χ1) is 14.2. The molecule has 30 heavy (non-hydrogen) atoms. The summed E-state index contributed by atoms with van der Waals surface area (Å²) in [4.78, 5) is 29.5. The van der Waals surface area contributed by atoms with Gasteiger partial charge in [0.25, 0.3) is 0 Å². The molecule has 1 unspecified atom stereocenters. The SMILES string of the molecule is CSc1ccc(C2CC(=O)N(c3cc(Cl)cc(Cl)c3)C3=C2C(=O)CC(C)(C)C3)cc1. The summed E-state index contributed by atoms with van der Waals surface area (Å²) in [6.45, 7) is 4.14. The third-order valence-corrected chi connectivity index (χ3v) is 6.95. The number of halogens is 2. The first-order valence-electron chi connectivity index (χ1n) is 9.88. The minimum Gasteiger partial charge on any atom is -0.294 e. The third-order valence-electron chi connectivity index (χ3n) is 5.77. The number of hydrogen-bond donors (Lipinski definition) is 0. The van der Waals surface area contributed by atoms with Crippen LogP contribution in [-0.4, -0.2) is 17.9 Å². The molecule has 0 bridgehead atoms. The lowest BCUT2D eigenvalue weighted by Gasteiger charge is -2.43. The fourth-order valence-electron chi connectivity index (χ4n) is 4.50. The summed E-state index contributed by atoms with van der Waals surface area (Å²) in [5.41, 5.74) is 2.94. The first-order valence-corrected chi connectivity index (χ1v) is 11.9. The highest BCUT2D eigenvalue weighted by molar-refractivity contribution is 7.98. The van der Waals surface area contributed by atoms with Crippen molar-refractivity contribution < 1.29 is 9.59 Å². The number of carbonyl (C=O) groups is 2. The number of amides is 1. The molecule has 156 valence electrons. The van der Waals surface area contributed by atoms with Crippen LogP contribution in [0.15, 0.2) is 58.6 Å².